The molecule has 3 heteroatoms. The predicted octanol–water partition coefficient (Wildman–Crippen LogP) is 5.74. The van der Waals surface area contributed by atoms with Crippen molar-refractivity contribution in [1.82, 2.24) is 0 Å². The second-order valence-corrected chi connectivity index (χ2v) is 7.42. The molecule has 2 aromatic carbocycles. The van der Waals surface area contributed by atoms with Crippen LogP contribution in [0, 0.1) is 5.92 Å². The molecule has 0 radical (unpaired) electrons. The van der Waals surface area contributed by atoms with E-state index in [-0.39, 0.29) is 13.2 Å². The quantitative estimate of drug-likeness (QED) is 0.488. The van der Waals surface area contributed by atoms with Crippen molar-refractivity contribution in [3.05, 3.63) is 76.9 Å². The Kier molecular flexibility index (Phi) is 9.26. The fourth-order valence-corrected chi connectivity index (χ4v) is 3.32. The lowest BCUT2D eigenvalue weighted by Gasteiger charge is -2.14. The number of allylic oxidation sites excluding steroid dienone is 2. The summed E-state index contributed by atoms with van der Waals surface area (Å²) >= 11 is 0. The van der Waals surface area contributed by atoms with Gasteiger partial charge in [0.2, 0.25) is 0 Å². The Labute approximate surface area is 169 Å². The van der Waals surface area contributed by atoms with E-state index in [0.717, 1.165) is 28.9 Å². The van der Waals surface area contributed by atoms with Crippen LogP contribution in [-0.2, 0) is 19.8 Å². The minimum Gasteiger partial charge on any atom is -0.489 e. The van der Waals surface area contributed by atoms with Gasteiger partial charge in [0, 0.05) is 0 Å². The van der Waals surface area contributed by atoms with Crippen LogP contribution in [0.4, 0.5) is 0 Å². The van der Waals surface area contributed by atoms with Crippen LogP contribution in [0.3, 0.4) is 0 Å². The average molecular weight is 383 g/mol. The molecule has 1 atom stereocenters. The average Bonchev–Trinajstić information content (AvgIpc) is 2.75. The van der Waals surface area contributed by atoms with Gasteiger partial charge in [0.15, 0.2) is 0 Å². The van der Waals surface area contributed by atoms with E-state index in [2.05, 4.69) is 45.1 Å². The van der Waals surface area contributed by atoms with Crippen molar-refractivity contribution in [2.75, 3.05) is 0 Å². The van der Waals surface area contributed by atoms with Crippen LogP contribution in [0.1, 0.15) is 68.2 Å². The lowest BCUT2D eigenvalue weighted by Crippen LogP contribution is -2.01. The van der Waals surface area contributed by atoms with Crippen molar-refractivity contribution in [3.8, 4) is 5.75 Å². The van der Waals surface area contributed by atoms with Crippen LogP contribution >= 0.6 is 0 Å². The zero-order valence-electron chi connectivity index (χ0n) is 17.4. The number of rotatable bonds is 11. The molecule has 152 valence electrons. The van der Waals surface area contributed by atoms with E-state index in [0.29, 0.717) is 18.4 Å². The predicted molar refractivity (Wildman–Crippen MR) is 115 cm³/mol. The maximum absolute atomic E-state index is 9.44. The fourth-order valence-electron chi connectivity index (χ4n) is 3.32. The monoisotopic (exact) mass is 382 g/mol. The second-order valence-electron chi connectivity index (χ2n) is 7.42. The Bertz CT molecular complexity index is 747. The summed E-state index contributed by atoms with van der Waals surface area (Å²) in [7, 11) is 0. The van der Waals surface area contributed by atoms with Gasteiger partial charge < -0.3 is 14.9 Å². The molecule has 0 aromatic heterocycles. The summed E-state index contributed by atoms with van der Waals surface area (Å²) in [4.78, 5) is 0. The Morgan fingerprint density at radius 3 is 2.39 bits per heavy atom. The first-order valence-electron chi connectivity index (χ1n) is 10.3. The molecule has 0 amide bonds. The first-order valence-corrected chi connectivity index (χ1v) is 10.3. The highest BCUT2D eigenvalue weighted by atomic mass is 16.5. The Hall–Kier alpha value is -2.10. The van der Waals surface area contributed by atoms with Crippen LogP contribution in [0.25, 0.3) is 0 Å². The molecule has 1 unspecified atom stereocenters. The first-order chi connectivity index (χ1) is 13.6. The zero-order valence-corrected chi connectivity index (χ0v) is 17.4. The molecule has 0 saturated heterocycles. The highest BCUT2D eigenvalue weighted by Crippen LogP contribution is 2.25. The number of ether oxygens (including phenoxy) is 1. The van der Waals surface area contributed by atoms with Crippen LogP contribution in [0.5, 0.6) is 5.75 Å². The van der Waals surface area contributed by atoms with E-state index in [9.17, 15) is 10.2 Å². The lowest BCUT2D eigenvalue weighted by molar-refractivity contribution is 0.259. The SMILES string of the molecule is CCC(C=CCC(C)c1cccc(OCc2ccc(CO)c(CO)c2)c1)CC. The van der Waals surface area contributed by atoms with E-state index in [1.807, 2.05) is 30.3 Å². The molecule has 0 bridgehead atoms. The first kappa shape index (κ1) is 22.2. The number of hydrogen-bond donors (Lipinski definition) is 2. The Balaban J connectivity index is 1.97. The third kappa shape index (κ3) is 6.50. The Morgan fingerprint density at radius 2 is 1.71 bits per heavy atom. The third-order valence-corrected chi connectivity index (χ3v) is 5.39. The maximum Gasteiger partial charge on any atom is 0.120 e. The summed E-state index contributed by atoms with van der Waals surface area (Å²) in [5.41, 5.74) is 3.75. The van der Waals surface area contributed by atoms with Gasteiger partial charge in [-0.15, -0.1) is 0 Å². The number of benzene rings is 2. The summed E-state index contributed by atoms with van der Waals surface area (Å²) in [5, 5.41) is 18.7. The molecule has 0 saturated carbocycles. The normalized spacial score (nSPS) is 12.6. The molecule has 2 aromatic rings. The second kappa shape index (κ2) is 11.7. The zero-order chi connectivity index (χ0) is 20.4. The number of hydrogen-bond acceptors (Lipinski definition) is 3. The number of aliphatic hydroxyl groups excluding tert-OH is 2. The molecule has 2 N–H and O–H groups in total. The molecule has 0 spiro atoms. The third-order valence-electron chi connectivity index (χ3n) is 5.39. The van der Waals surface area contributed by atoms with Crippen LogP contribution in [0.15, 0.2) is 54.6 Å². The van der Waals surface area contributed by atoms with Crippen molar-refractivity contribution < 1.29 is 14.9 Å². The lowest BCUT2D eigenvalue weighted by atomic mass is 9.95. The maximum atomic E-state index is 9.44. The van der Waals surface area contributed by atoms with Crippen LogP contribution < -0.4 is 4.74 Å². The van der Waals surface area contributed by atoms with E-state index in [1.54, 1.807) is 0 Å². The molecule has 0 aliphatic carbocycles. The van der Waals surface area contributed by atoms with E-state index in [1.165, 1.54) is 18.4 Å². The van der Waals surface area contributed by atoms with Crippen LogP contribution in [-0.4, -0.2) is 10.2 Å². The molecular weight excluding hydrogens is 348 g/mol. The van der Waals surface area contributed by atoms with Crippen LogP contribution in [0.2, 0.25) is 0 Å². The van der Waals surface area contributed by atoms with Gasteiger partial charge in [0.05, 0.1) is 13.2 Å². The van der Waals surface area contributed by atoms with E-state index >= 15 is 0 Å². The Morgan fingerprint density at radius 1 is 0.964 bits per heavy atom. The summed E-state index contributed by atoms with van der Waals surface area (Å²) in [6.45, 7) is 7.01. The smallest absolute Gasteiger partial charge is 0.120 e. The molecule has 0 aliphatic heterocycles. The summed E-state index contributed by atoms with van der Waals surface area (Å²) in [5.74, 6) is 1.98. The molecule has 0 heterocycles. The molecular formula is C25H34O3. The van der Waals surface area contributed by atoms with Crippen molar-refractivity contribution in [2.45, 2.75) is 65.8 Å². The van der Waals surface area contributed by atoms with E-state index < -0.39 is 0 Å². The van der Waals surface area contributed by atoms with Gasteiger partial charge >= 0.3 is 0 Å². The van der Waals surface area contributed by atoms with Gasteiger partial charge in [-0.3, -0.25) is 0 Å². The fraction of sp³-hybridized carbons (Fsp3) is 0.440. The van der Waals surface area contributed by atoms with Gasteiger partial charge in [-0.05, 0) is 71.6 Å². The largest absolute Gasteiger partial charge is 0.489 e. The summed E-state index contributed by atoms with van der Waals surface area (Å²) < 4.78 is 5.97. The van der Waals surface area contributed by atoms with Crippen molar-refractivity contribution in [3.63, 3.8) is 0 Å². The van der Waals surface area contributed by atoms with Gasteiger partial charge in [-0.1, -0.05) is 57.2 Å². The molecule has 28 heavy (non-hydrogen) atoms. The summed E-state index contributed by atoms with van der Waals surface area (Å²) in [6, 6.07) is 14.0. The summed E-state index contributed by atoms with van der Waals surface area (Å²) in [6.07, 6.45) is 8.09. The highest BCUT2D eigenvalue weighted by molar-refractivity contribution is 5.33. The van der Waals surface area contributed by atoms with Crippen molar-refractivity contribution >= 4 is 0 Å². The van der Waals surface area contributed by atoms with Crippen molar-refractivity contribution in [2.24, 2.45) is 5.92 Å². The van der Waals surface area contributed by atoms with Gasteiger partial charge in [-0.2, -0.15) is 0 Å². The molecule has 0 fully saturated rings. The molecule has 3 nitrogen and oxygen atoms in total. The minimum atomic E-state index is -0.0822. The van der Waals surface area contributed by atoms with Crippen molar-refractivity contribution in [1.29, 1.82) is 0 Å². The van der Waals surface area contributed by atoms with Gasteiger partial charge in [0.25, 0.3) is 0 Å². The van der Waals surface area contributed by atoms with Gasteiger partial charge in [-0.25, -0.2) is 0 Å². The topological polar surface area (TPSA) is 49.7 Å². The standard InChI is InChI=1S/C25H34O3/c1-4-20(5-2)9-6-8-19(3)22-10-7-11-25(15-22)28-18-21-12-13-23(16-26)24(14-21)17-27/h6-7,9-15,19-20,26-27H,4-5,8,16-18H2,1-3H3. The number of aliphatic hydroxyl groups is 2. The molecule has 2 rings (SSSR count). The minimum absolute atomic E-state index is 0.0668. The molecule has 0 aliphatic rings. The van der Waals surface area contributed by atoms with E-state index in [4.69, 9.17) is 4.74 Å². The highest BCUT2D eigenvalue weighted by Gasteiger charge is 2.07. The van der Waals surface area contributed by atoms with Gasteiger partial charge in [0.1, 0.15) is 12.4 Å².